The number of benzene rings is 1. The number of nitrogens with one attached hydrogen (secondary N) is 1. The maximum atomic E-state index is 6.05. The fourth-order valence-electron chi connectivity index (χ4n) is 1.94. The highest BCUT2D eigenvalue weighted by molar-refractivity contribution is 7.05. The van der Waals surface area contributed by atoms with Crippen LogP contribution in [0.3, 0.4) is 0 Å². The summed E-state index contributed by atoms with van der Waals surface area (Å²) in [5.74, 6) is 0.369. The number of hydrogen-bond donors (Lipinski definition) is 1. The van der Waals surface area contributed by atoms with Crippen LogP contribution in [0.4, 0.5) is 0 Å². The molecule has 96 valence electrons. The van der Waals surface area contributed by atoms with Crippen molar-refractivity contribution in [2.75, 3.05) is 7.05 Å². The van der Waals surface area contributed by atoms with Crippen molar-refractivity contribution in [3.8, 4) is 0 Å². The highest BCUT2D eigenvalue weighted by Gasteiger charge is 2.21. The predicted octanol–water partition coefficient (Wildman–Crippen LogP) is 3.62. The average molecular weight is 282 g/mol. The summed E-state index contributed by atoms with van der Waals surface area (Å²) in [6, 6.07) is 7.99. The maximum Gasteiger partial charge on any atom is 0.0832 e. The zero-order chi connectivity index (χ0) is 13.1. The first-order valence-electron chi connectivity index (χ1n) is 5.88. The number of hydrogen-bond acceptors (Lipinski definition) is 4. The standard InChI is InChI=1S/C13H16ClN3S/c1-8(2)11-13(18-17-16-11)12(15-3)9-5-4-6-10(14)7-9/h4-8,12,15H,1-3H3. The van der Waals surface area contributed by atoms with Gasteiger partial charge in [-0.2, -0.15) is 0 Å². The van der Waals surface area contributed by atoms with Crippen LogP contribution in [0.25, 0.3) is 0 Å². The van der Waals surface area contributed by atoms with Crippen molar-refractivity contribution >= 4 is 23.1 Å². The van der Waals surface area contributed by atoms with Gasteiger partial charge >= 0.3 is 0 Å². The van der Waals surface area contributed by atoms with Crippen LogP contribution in [0.2, 0.25) is 5.02 Å². The van der Waals surface area contributed by atoms with E-state index in [0.717, 1.165) is 21.2 Å². The predicted molar refractivity (Wildman–Crippen MR) is 76.4 cm³/mol. The molecular formula is C13H16ClN3S. The summed E-state index contributed by atoms with van der Waals surface area (Å²) >= 11 is 7.50. The van der Waals surface area contributed by atoms with Crippen LogP contribution in [0.1, 0.15) is 41.9 Å². The highest BCUT2D eigenvalue weighted by Crippen LogP contribution is 2.31. The summed E-state index contributed by atoms with van der Waals surface area (Å²) in [5, 5.41) is 8.29. The smallest absolute Gasteiger partial charge is 0.0832 e. The van der Waals surface area contributed by atoms with Gasteiger partial charge in [-0.05, 0) is 42.2 Å². The molecule has 0 saturated carbocycles. The molecule has 0 saturated heterocycles. The SMILES string of the molecule is CNC(c1cccc(Cl)c1)c1snnc1C(C)C. The van der Waals surface area contributed by atoms with E-state index in [-0.39, 0.29) is 6.04 Å². The Balaban J connectivity index is 2.42. The molecule has 0 fully saturated rings. The van der Waals surface area contributed by atoms with Gasteiger partial charge in [-0.3, -0.25) is 0 Å². The van der Waals surface area contributed by atoms with E-state index < -0.39 is 0 Å². The first-order valence-corrected chi connectivity index (χ1v) is 7.03. The van der Waals surface area contributed by atoms with Crippen LogP contribution in [0.5, 0.6) is 0 Å². The lowest BCUT2D eigenvalue weighted by Crippen LogP contribution is -2.18. The Morgan fingerprint density at radius 2 is 2.11 bits per heavy atom. The molecule has 1 aromatic carbocycles. The minimum Gasteiger partial charge on any atom is -0.309 e. The van der Waals surface area contributed by atoms with Crippen LogP contribution in [0.15, 0.2) is 24.3 Å². The Kier molecular flexibility index (Phi) is 4.32. The Hall–Kier alpha value is -0.970. The van der Waals surface area contributed by atoms with Crippen molar-refractivity contribution in [2.45, 2.75) is 25.8 Å². The minimum atomic E-state index is 0.0982. The highest BCUT2D eigenvalue weighted by atomic mass is 35.5. The quantitative estimate of drug-likeness (QED) is 0.930. The van der Waals surface area contributed by atoms with Crippen LogP contribution in [-0.2, 0) is 0 Å². The summed E-state index contributed by atoms with van der Waals surface area (Å²) in [6.45, 7) is 4.26. The molecule has 0 radical (unpaired) electrons. The van der Waals surface area contributed by atoms with E-state index >= 15 is 0 Å². The van der Waals surface area contributed by atoms with E-state index in [1.807, 2.05) is 25.2 Å². The number of rotatable bonds is 4. The van der Waals surface area contributed by atoms with E-state index in [4.69, 9.17) is 11.6 Å². The second-order valence-corrected chi connectivity index (χ2v) is 5.68. The van der Waals surface area contributed by atoms with Gasteiger partial charge in [-0.1, -0.05) is 42.1 Å². The van der Waals surface area contributed by atoms with Gasteiger partial charge in [0.15, 0.2) is 0 Å². The molecule has 5 heteroatoms. The molecule has 1 heterocycles. The Morgan fingerprint density at radius 1 is 1.33 bits per heavy atom. The molecule has 1 unspecified atom stereocenters. The minimum absolute atomic E-state index is 0.0982. The van der Waals surface area contributed by atoms with E-state index in [2.05, 4.69) is 34.8 Å². The Morgan fingerprint density at radius 3 is 2.72 bits per heavy atom. The van der Waals surface area contributed by atoms with Gasteiger partial charge in [0, 0.05) is 5.02 Å². The molecule has 1 atom stereocenters. The first kappa shape index (κ1) is 13.5. The van der Waals surface area contributed by atoms with Gasteiger partial charge < -0.3 is 5.32 Å². The molecule has 0 bridgehead atoms. The molecule has 1 aromatic heterocycles. The van der Waals surface area contributed by atoms with E-state index in [9.17, 15) is 0 Å². The van der Waals surface area contributed by atoms with Crippen molar-refractivity contribution in [3.63, 3.8) is 0 Å². The lowest BCUT2D eigenvalue weighted by atomic mass is 10.0. The van der Waals surface area contributed by atoms with Gasteiger partial charge in [0.2, 0.25) is 0 Å². The summed E-state index contributed by atoms with van der Waals surface area (Å²) in [7, 11) is 1.94. The van der Waals surface area contributed by atoms with Crippen molar-refractivity contribution in [3.05, 3.63) is 45.4 Å². The lowest BCUT2D eigenvalue weighted by molar-refractivity contribution is 0.679. The van der Waals surface area contributed by atoms with Gasteiger partial charge in [-0.25, -0.2) is 0 Å². The molecular weight excluding hydrogens is 266 g/mol. The van der Waals surface area contributed by atoms with Gasteiger partial charge in [0.25, 0.3) is 0 Å². The molecule has 2 rings (SSSR count). The van der Waals surface area contributed by atoms with Crippen LogP contribution < -0.4 is 5.32 Å². The molecule has 0 amide bonds. The molecule has 1 N–H and O–H groups in total. The zero-order valence-corrected chi connectivity index (χ0v) is 12.2. The van der Waals surface area contributed by atoms with Crippen LogP contribution >= 0.6 is 23.1 Å². The second kappa shape index (κ2) is 5.78. The molecule has 2 aromatic rings. The Bertz CT molecular complexity index is 524. The van der Waals surface area contributed by atoms with Gasteiger partial charge in [-0.15, -0.1) is 5.10 Å². The molecule has 0 spiro atoms. The summed E-state index contributed by atoms with van der Waals surface area (Å²) in [6.07, 6.45) is 0. The summed E-state index contributed by atoms with van der Waals surface area (Å²) in [5.41, 5.74) is 2.19. The zero-order valence-electron chi connectivity index (χ0n) is 10.6. The third kappa shape index (κ3) is 2.71. The van der Waals surface area contributed by atoms with Crippen molar-refractivity contribution in [1.29, 1.82) is 0 Å². The van der Waals surface area contributed by atoms with Crippen molar-refractivity contribution < 1.29 is 0 Å². The van der Waals surface area contributed by atoms with Crippen molar-refractivity contribution in [1.82, 2.24) is 14.9 Å². The summed E-state index contributed by atoms with van der Waals surface area (Å²) in [4.78, 5) is 1.16. The summed E-state index contributed by atoms with van der Waals surface area (Å²) < 4.78 is 4.08. The molecule has 0 aliphatic carbocycles. The fourth-order valence-corrected chi connectivity index (χ4v) is 3.09. The lowest BCUT2D eigenvalue weighted by Gasteiger charge is -2.17. The second-order valence-electron chi connectivity index (χ2n) is 4.45. The van der Waals surface area contributed by atoms with Crippen LogP contribution in [0, 0.1) is 0 Å². The number of nitrogens with zero attached hydrogens (tertiary/aromatic N) is 2. The largest absolute Gasteiger partial charge is 0.309 e. The van der Waals surface area contributed by atoms with Crippen molar-refractivity contribution in [2.24, 2.45) is 0 Å². The molecule has 0 aliphatic heterocycles. The van der Waals surface area contributed by atoms with Crippen LogP contribution in [-0.4, -0.2) is 16.6 Å². The third-order valence-electron chi connectivity index (χ3n) is 2.82. The normalized spacial score (nSPS) is 12.9. The van der Waals surface area contributed by atoms with Gasteiger partial charge in [0.05, 0.1) is 16.6 Å². The van der Waals surface area contributed by atoms with E-state index in [1.165, 1.54) is 11.5 Å². The average Bonchev–Trinajstić information content (AvgIpc) is 2.79. The Labute approximate surface area is 116 Å². The molecule has 3 nitrogen and oxygen atoms in total. The van der Waals surface area contributed by atoms with E-state index in [0.29, 0.717) is 5.92 Å². The topological polar surface area (TPSA) is 37.8 Å². The monoisotopic (exact) mass is 281 g/mol. The maximum absolute atomic E-state index is 6.05. The number of aromatic nitrogens is 2. The first-order chi connectivity index (χ1) is 8.63. The number of halogens is 1. The van der Waals surface area contributed by atoms with Gasteiger partial charge in [0.1, 0.15) is 0 Å². The fraction of sp³-hybridized carbons (Fsp3) is 0.385. The third-order valence-corrected chi connectivity index (χ3v) is 3.86. The molecule has 18 heavy (non-hydrogen) atoms. The molecule has 0 aliphatic rings. The van der Waals surface area contributed by atoms with E-state index in [1.54, 1.807) is 0 Å².